The second-order valence-electron chi connectivity index (χ2n) is 6.00. The third-order valence-electron chi connectivity index (χ3n) is 4.65. The molecule has 2 saturated heterocycles. The molecule has 1 aromatic rings. The molecule has 2 amide bonds. The monoisotopic (exact) mass is 336 g/mol. The number of carboxylic acid groups (broad SMARTS) is 1. The lowest BCUT2D eigenvalue weighted by molar-refractivity contribution is -0.147. The summed E-state index contributed by atoms with van der Waals surface area (Å²) in [5, 5.41) is 18.7. The van der Waals surface area contributed by atoms with E-state index in [1.54, 1.807) is 6.20 Å². The average molecular weight is 336 g/mol. The number of rotatable bonds is 5. The van der Waals surface area contributed by atoms with Gasteiger partial charge in [-0.1, -0.05) is 0 Å². The second kappa shape index (κ2) is 6.23. The molecule has 130 valence electrons. The van der Waals surface area contributed by atoms with Crippen molar-refractivity contribution < 1.29 is 24.2 Å². The summed E-state index contributed by atoms with van der Waals surface area (Å²) in [6.07, 6.45) is 2.08. The summed E-state index contributed by atoms with van der Waals surface area (Å²) in [5.74, 6) is -3.51. The van der Waals surface area contributed by atoms with Crippen LogP contribution >= 0.6 is 0 Å². The molecule has 2 bridgehead atoms. The Balaban J connectivity index is 1.83. The second-order valence-corrected chi connectivity index (χ2v) is 6.00. The van der Waals surface area contributed by atoms with Crippen LogP contribution in [-0.4, -0.2) is 51.9 Å². The number of anilines is 1. The van der Waals surface area contributed by atoms with Crippen molar-refractivity contribution in [1.29, 1.82) is 0 Å². The van der Waals surface area contributed by atoms with Gasteiger partial charge in [-0.15, -0.1) is 0 Å². The van der Waals surface area contributed by atoms with Gasteiger partial charge >= 0.3 is 5.97 Å². The van der Waals surface area contributed by atoms with Crippen molar-refractivity contribution in [3.63, 3.8) is 0 Å². The Morgan fingerprint density at radius 2 is 2.00 bits per heavy atom. The van der Waals surface area contributed by atoms with Gasteiger partial charge in [0.1, 0.15) is 0 Å². The van der Waals surface area contributed by atoms with Gasteiger partial charge < -0.3 is 20.5 Å². The molecule has 0 saturated carbocycles. The quantitative estimate of drug-likeness (QED) is 0.700. The highest BCUT2D eigenvalue weighted by atomic mass is 16.5. The van der Waals surface area contributed by atoms with E-state index in [9.17, 15) is 19.5 Å². The zero-order valence-corrected chi connectivity index (χ0v) is 13.5. The molecular formula is C15H20N4O5. The fourth-order valence-electron chi connectivity index (χ4n) is 3.50. The topological polar surface area (TPSA) is 123 Å². The van der Waals surface area contributed by atoms with Crippen LogP contribution in [0.15, 0.2) is 6.20 Å². The van der Waals surface area contributed by atoms with E-state index in [1.807, 2.05) is 6.92 Å². The number of hydrogen-bond donors (Lipinski definition) is 3. The third-order valence-corrected chi connectivity index (χ3v) is 4.65. The standard InChI is InChI=1S/C15H20N4O5/c1-3-19-6-7(12(18-19)14(21)16-2)17-13(20)10-8-4-5-9(24-8)11(10)15(22)23/h6,8-11H,3-5H2,1-2H3,(H,16,21)(H,17,20)(H,22,23)/t8-,9-,10-,11+/m1/s1. The van der Waals surface area contributed by atoms with Crippen LogP contribution in [0.4, 0.5) is 5.69 Å². The van der Waals surface area contributed by atoms with E-state index in [1.165, 1.54) is 11.7 Å². The Hall–Kier alpha value is -2.42. The van der Waals surface area contributed by atoms with Crippen molar-refractivity contribution in [3.05, 3.63) is 11.9 Å². The van der Waals surface area contributed by atoms with Crippen LogP contribution in [0, 0.1) is 11.8 Å². The maximum Gasteiger partial charge on any atom is 0.310 e. The first-order valence-corrected chi connectivity index (χ1v) is 7.95. The Morgan fingerprint density at radius 1 is 1.33 bits per heavy atom. The fraction of sp³-hybridized carbons (Fsp3) is 0.600. The molecule has 1 aromatic heterocycles. The molecule has 3 N–H and O–H groups in total. The van der Waals surface area contributed by atoms with Gasteiger partial charge in [-0.25, -0.2) is 0 Å². The third kappa shape index (κ3) is 2.64. The molecule has 3 heterocycles. The summed E-state index contributed by atoms with van der Waals surface area (Å²) in [4.78, 5) is 36.1. The zero-order chi connectivity index (χ0) is 17.4. The number of ether oxygens (including phenoxy) is 1. The number of aromatic nitrogens is 2. The Labute approximate surface area is 138 Å². The molecule has 24 heavy (non-hydrogen) atoms. The average Bonchev–Trinajstić information content (AvgIpc) is 3.27. The van der Waals surface area contributed by atoms with Crippen molar-refractivity contribution in [1.82, 2.24) is 15.1 Å². The number of fused-ring (bicyclic) bond motifs is 2. The van der Waals surface area contributed by atoms with Crippen molar-refractivity contribution in [3.8, 4) is 0 Å². The number of amides is 2. The van der Waals surface area contributed by atoms with Gasteiger partial charge in [0.15, 0.2) is 5.69 Å². The first kappa shape index (κ1) is 16.4. The lowest BCUT2D eigenvalue weighted by atomic mass is 9.78. The van der Waals surface area contributed by atoms with E-state index >= 15 is 0 Å². The molecule has 2 aliphatic heterocycles. The summed E-state index contributed by atoms with van der Waals surface area (Å²) in [6, 6.07) is 0. The van der Waals surface area contributed by atoms with Crippen LogP contribution in [0.1, 0.15) is 30.3 Å². The normalized spacial score (nSPS) is 27.9. The highest BCUT2D eigenvalue weighted by Crippen LogP contribution is 2.44. The molecule has 0 radical (unpaired) electrons. The number of carbonyl (C=O) groups excluding carboxylic acids is 2. The Morgan fingerprint density at radius 3 is 2.58 bits per heavy atom. The number of aliphatic carboxylic acids is 1. The smallest absolute Gasteiger partial charge is 0.310 e. The molecule has 0 spiro atoms. The highest BCUT2D eigenvalue weighted by molar-refractivity contribution is 6.03. The zero-order valence-electron chi connectivity index (χ0n) is 13.5. The van der Waals surface area contributed by atoms with Crippen LogP contribution in [0.3, 0.4) is 0 Å². The van der Waals surface area contributed by atoms with Gasteiger partial charge in [-0.05, 0) is 19.8 Å². The first-order valence-electron chi connectivity index (χ1n) is 7.95. The predicted octanol–water partition coefficient (Wildman–Crippen LogP) is 0.0793. The van der Waals surface area contributed by atoms with E-state index in [2.05, 4.69) is 15.7 Å². The minimum absolute atomic E-state index is 0.101. The molecule has 4 atom stereocenters. The molecule has 2 aliphatic rings. The SMILES string of the molecule is CCn1cc(NC(=O)[C@H]2[C@@H](C(=O)O)[C@H]3CC[C@H]2O3)c(C(=O)NC)n1. The number of nitrogens with one attached hydrogen (secondary N) is 2. The molecular weight excluding hydrogens is 316 g/mol. The molecule has 9 nitrogen and oxygen atoms in total. The van der Waals surface area contributed by atoms with E-state index < -0.39 is 35.7 Å². The largest absolute Gasteiger partial charge is 0.481 e. The Kier molecular flexibility index (Phi) is 4.27. The molecule has 0 aliphatic carbocycles. The predicted molar refractivity (Wildman–Crippen MR) is 82.4 cm³/mol. The van der Waals surface area contributed by atoms with Crippen molar-refractivity contribution in [2.45, 2.75) is 38.5 Å². The summed E-state index contributed by atoms with van der Waals surface area (Å²) in [5.41, 5.74) is 0.372. The van der Waals surface area contributed by atoms with Crippen molar-refractivity contribution in [2.75, 3.05) is 12.4 Å². The summed E-state index contributed by atoms with van der Waals surface area (Å²) in [6.45, 7) is 2.39. The van der Waals surface area contributed by atoms with Crippen LogP contribution in [0.25, 0.3) is 0 Å². The van der Waals surface area contributed by atoms with Gasteiger partial charge in [0.25, 0.3) is 5.91 Å². The van der Waals surface area contributed by atoms with Gasteiger partial charge in [0.05, 0.1) is 29.7 Å². The number of hydrogen-bond acceptors (Lipinski definition) is 5. The van der Waals surface area contributed by atoms with Gasteiger partial charge in [0, 0.05) is 19.8 Å². The van der Waals surface area contributed by atoms with Crippen LogP contribution in [0.2, 0.25) is 0 Å². The number of carbonyl (C=O) groups is 3. The maximum absolute atomic E-state index is 12.7. The number of nitrogens with zero attached hydrogens (tertiary/aromatic N) is 2. The van der Waals surface area contributed by atoms with E-state index in [4.69, 9.17) is 4.74 Å². The van der Waals surface area contributed by atoms with Crippen LogP contribution < -0.4 is 10.6 Å². The van der Waals surface area contributed by atoms with Crippen molar-refractivity contribution in [2.24, 2.45) is 11.8 Å². The van der Waals surface area contributed by atoms with Crippen molar-refractivity contribution >= 4 is 23.5 Å². The van der Waals surface area contributed by atoms with Crippen LogP contribution in [-0.2, 0) is 20.9 Å². The molecule has 9 heteroatoms. The van der Waals surface area contributed by atoms with Gasteiger partial charge in [-0.2, -0.15) is 5.10 Å². The molecule has 2 fully saturated rings. The fourth-order valence-corrected chi connectivity index (χ4v) is 3.50. The first-order chi connectivity index (χ1) is 11.5. The molecule has 0 unspecified atom stereocenters. The summed E-state index contributed by atoms with van der Waals surface area (Å²) in [7, 11) is 1.48. The summed E-state index contributed by atoms with van der Waals surface area (Å²) >= 11 is 0. The number of aryl methyl sites for hydroxylation is 1. The lowest BCUT2D eigenvalue weighted by Gasteiger charge is -2.23. The van der Waals surface area contributed by atoms with Gasteiger partial charge in [0.2, 0.25) is 5.91 Å². The number of carboxylic acids is 1. The Bertz CT molecular complexity index is 685. The lowest BCUT2D eigenvalue weighted by Crippen LogP contribution is -2.41. The minimum Gasteiger partial charge on any atom is -0.481 e. The van der Waals surface area contributed by atoms with Crippen LogP contribution in [0.5, 0.6) is 0 Å². The molecule has 3 rings (SSSR count). The van der Waals surface area contributed by atoms with Gasteiger partial charge in [-0.3, -0.25) is 19.1 Å². The molecule has 0 aromatic carbocycles. The highest BCUT2D eigenvalue weighted by Gasteiger charge is 2.55. The summed E-state index contributed by atoms with van der Waals surface area (Å²) < 4.78 is 7.13. The van der Waals surface area contributed by atoms with E-state index in [0.29, 0.717) is 19.4 Å². The van der Waals surface area contributed by atoms with E-state index in [0.717, 1.165) is 0 Å². The maximum atomic E-state index is 12.7. The van der Waals surface area contributed by atoms with E-state index in [-0.39, 0.29) is 17.5 Å². The minimum atomic E-state index is -1.03.